The van der Waals surface area contributed by atoms with Gasteiger partial charge in [-0.2, -0.15) is 0 Å². The highest BCUT2D eigenvalue weighted by Gasteiger charge is 2.62. The largest absolute Gasteiger partial charge is 0.594 e. The summed E-state index contributed by atoms with van der Waals surface area (Å²) < 4.78 is 0. The van der Waals surface area contributed by atoms with Gasteiger partial charge in [0.2, 0.25) is 0 Å². The van der Waals surface area contributed by atoms with Crippen molar-refractivity contribution in [2.45, 2.75) is 25.0 Å². The monoisotopic (exact) mass is 308 g/mol. The SMILES string of the molecule is C[C@@]12C[C@@H](c3ccccc3)ON1[N+]([O-])=C(c1ccccc1)C2=O. The average molecular weight is 308 g/mol. The molecule has 0 radical (unpaired) electrons. The summed E-state index contributed by atoms with van der Waals surface area (Å²) in [6, 6.07) is 18.6. The van der Waals surface area contributed by atoms with Gasteiger partial charge in [-0.15, -0.1) is 0 Å². The van der Waals surface area contributed by atoms with Gasteiger partial charge >= 0.3 is 0 Å². The normalized spacial score (nSPS) is 26.7. The van der Waals surface area contributed by atoms with Crippen molar-refractivity contribution in [3.8, 4) is 0 Å². The van der Waals surface area contributed by atoms with Crippen LogP contribution in [0.3, 0.4) is 0 Å². The lowest BCUT2D eigenvalue weighted by atomic mass is 9.86. The molecule has 1 fully saturated rings. The van der Waals surface area contributed by atoms with Crippen LogP contribution in [0.4, 0.5) is 0 Å². The van der Waals surface area contributed by atoms with Gasteiger partial charge in [0.05, 0.1) is 5.56 Å². The van der Waals surface area contributed by atoms with E-state index < -0.39 is 5.54 Å². The summed E-state index contributed by atoms with van der Waals surface area (Å²) in [5, 5.41) is 13.8. The Kier molecular flexibility index (Phi) is 2.99. The van der Waals surface area contributed by atoms with Crippen LogP contribution in [0.2, 0.25) is 0 Å². The molecule has 2 heterocycles. The van der Waals surface area contributed by atoms with Gasteiger partial charge in [0, 0.05) is 6.42 Å². The molecule has 5 nitrogen and oxygen atoms in total. The maximum absolute atomic E-state index is 12.9. The molecule has 2 aliphatic heterocycles. The number of benzene rings is 2. The summed E-state index contributed by atoms with van der Waals surface area (Å²) in [4.78, 5) is 19.3. The number of nitrogens with zero attached hydrogens (tertiary/aromatic N) is 2. The molecule has 4 rings (SSSR count). The first kappa shape index (κ1) is 14.0. The molecule has 0 aromatic heterocycles. The summed E-state index contributed by atoms with van der Waals surface area (Å²) in [5.74, 6) is -0.197. The number of hydroxylamine groups is 1. The zero-order chi connectivity index (χ0) is 16.0. The molecular weight excluding hydrogens is 292 g/mol. The highest BCUT2D eigenvalue weighted by molar-refractivity contribution is 6.47. The number of rotatable bonds is 2. The molecule has 2 atom stereocenters. The van der Waals surface area contributed by atoms with Crippen LogP contribution < -0.4 is 0 Å². The number of hydrogen-bond donors (Lipinski definition) is 0. The van der Waals surface area contributed by atoms with Crippen molar-refractivity contribution in [1.82, 2.24) is 5.17 Å². The Labute approximate surface area is 133 Å². The lowest BCUT2D eigenvalue weighted by molar-refractivity contribution is -0.718. The zero-order valence-corrected chi connectivity index (χ0v) is 12.7. The molecule has 1 saturated heterocycles. The van der Waals surface area contributed by atoms with Gasteiger partial charge in [0.25, 0.3) is 11.5 Å². The number of hydrogen-bond acceptors (Lipinski definition) is 4. The van der Waals surface area contributed by atoms with Gasteiger partial charge in [0.15, 0.2) is 5.54 Å². The fraction of sp³-hybridized carbons (Fsp3) is 0.222. The Morgan fingerprint density at radius 3 is 2.35 bits per heavy atom. The minimum absolute atomic E-state index is 0.139. The molecule has 0 spiro atoms. The summed E-state index contributed by atoms with van der Waals surface area (Å²) in [6.45, 7) is 1.76. The van der Waals surface area contributed by atoms with E-state index in [0.717, 1.165) is 5.56 Å². The fourth-order valence-electron chi connectivity index (χ4n) is 3.25. The van der Waals surface area contributed by atoms with Crippen molar-refractivity contribution < 1.29 is 14.5 Å². The van der Waals surface area contributed by atoms with E-state index >= 15 is 0 Å². The van der Waals surface area contributed by atoms with E-state index in [2.05, 4.69) is 0 Å². The third-order valence-electron chi connectivity index (χ3n) is 4.51. The van der Waals surface area contributed by atoms with Gasteiger partial charge in [-0.1, -0.05) is 48.5 Å². The Hall–Kier alpha value is -2.66. The van der Waals surface area contributed by atoms with Gasteiger partial charge in [-0.3, -0.25) is 4.79 Å². The van der Waals surface area contributed by atoms with E-state index in [9.17, 15) is 10.0 Å². The van der Waals surface area contributed by atoms with Crippen molar-refractivity contribution >= 4 is 11.5 Å². The number of ketones is 1. The smallest absolute Gasteiger partial charge is 0.297 e. The molecule has 5 heteroatoms. The molecule has 116 valence electrons. The number of fused-ring (bicyclic) bond motifs is 1. The quantitative estimate of drug-likeness (QED) is 0.632. The first-order valence-corrected chi connectivity index (χ1v) is 7.57. The molecule has 0 bridgehead atoms. The molecule has 2 aromatic rings. The molecule has 0 unspecified atom stereocenters. The Morgan fingerprint density at radius 1 is 1.13 bits per heavy atom. The lowest BCUT2D eigenvalue weighted by Gasteiger charge is -2.19. The van der Waals surface area contributed by atoms with Crippen LogP contribution >= 0.6 is 0 Å². The van der Waals surface area contributed by atoms with Crippen LogP contribution in [0.15, 0.2) is 60.7 Å². The Balaban J connectivity index is 1.72. The van der Waals surface area contributed by atoms with E-state index in [0.29, 0.717) is 16.8 Å². The van der Waals surface area contributed by atoms with E-state index in [4.69, 9.17) is 4.84 Å². The Morgan fingerprint density at radius 2 is 1.74 bits per heavy atom. The molecule has 2 aliphatic rings. The fourth-order valence-corrected chi connectivity index (χ4v) is 3.25. The highest BCUT2D eigenvalue weighted by atomic mass is 16.8. The van der Waals surface area contributed by atoms with E-state index in [1.54, 1.807) is 19.1 Å². The van der Waals surface area contributed by atoms with E-state index in [1.807, 2.05) is 48.5 Å². The number of hydrazine groups is 1. The van der Waals surface area contributed by atoms with Gasteiger partial charge in [-0.05, 0) is 34.6 Å². The number of hydrazone groups is 1. The van der Waals surface area contributed by atoms with Crippen molar-refractivity contribution in [2.24, 2.45) is 0 Å². The molecule has 23 heavy (non-hydrogen) atoms. The summed E-state index contributed by atoms with van der Waals surface area (Å²) >= 11 is 0. The highest BCUT2D eigenvalue weighted by Crippen LogP contribution is 2.43. The number of carbonyl (C=O) groups is 1. The standard InChI is InChI=1S/C18H16N2O3/c1-18-12-15(13-8-4-2-5-9-13)23-20(18)19(22)16(17(18)21)14-10-6-3-7-11-14/h2-11,15H,12H2,1H3/t15-,18-/m0/s1. The minimum Gasteiger partial charge on any atom is -0.594 e. The zero-order valence-electron chi connectivity index (χ0n) is 12.7. The topological polar surface area (TPSA) is 55.6 Å². The summed E-state index contributed by atoms with van der Waals surface area (Å²) in [5.41, 5.74) is 0.751. The van der Waals surface area contributed by atoms with Crippen molar-refractivity contribution in [2.75, 3.05) is 0 Å². The first-order chi connectivity index (χ1) is 11.1. The summed E-state index contributed by atoms with van der Waals surface area (Å²) in [6.07, 6.45) is 0.157. The maximum atomic E-state index is 12.9. The molecule has 0 saturated carbocycles. The van der Waals surface area contributed by atoms with E-state index in [-0.39, 0.29) is 17.6 Å². The van der Waals surface area contributed by atoms with Crippen LogP contribution in [-0.4, -0.2) is 27.1 Å². The third kappa shape index (κ3) is 1.97. The van der Waals surface area contributed by atoms with Gasteiger partial charge in [-0.25, -0.2) is 4.84 Å². The Bertz CT molecular complexity index is 788. The average Bonchev–Trinajstić information content (AvgIpc) is 3.03. The van der Waals surface area contributed by atoms with Crippen LogP contribution in [0.5, 0.6) is 0 Å². The third-order valence-corrected chi connectivity index (χ3v) is 4.51. The first-order valence-electron chi connectivity index (χ1n) is 7.57. The maximum Gasteiger partial charge on any atom is 0.297 e. The molecular formula is C18H16N2O3. The molecule has 0 amide bonds. The van der Waals surface area contributed by atoms with Crippen molar-refractivity contribution in [3.63, 3.8) is 0 Å². The predicted molar refractivity (Wildman–Crippen MR) is 84.3 cm³/mol. The number of carbonyl (C=O) groups excluding carboxylic acids is 1. The van der Waals surface area contributed by atoms with Crippen LogP contribution in [0, 0.1) is 5.21 Å². The predicted octanol–water partition coefficient (Wildman–Crippen LogP) is 2.62. The van der Waals surface area contributed by atoms with Crippen molar-refractivity contribution in [1.29, 1.82) is 0 Å². The second-order valence-corrected chi connectivity index (χ2v) is 6.07. The molecule has 0 N–H and O–H groups in total. The van der Waals surface area contributed by atoms with Crippen LogP contribution in [0.1, 0.15) is 30.6 Å². The van der Waals surface area contributed by atoms with Crippen molar-refractivity contribution in [3.05, 3.63) is 77.0 Å². The van der Waals surface area contributed by atoms with Gasteiger partial charge in [0.1, 0.15) is 6.10 Å². The summed E-state index contributed by atoms with van der Waals surface area (Å²) in [7, 11) is 0. The number of Topliss-reactive ketones (excluding diaryl/α,β-unsaturated/α-hetero) is 1. The second-order valence-electron chi connectivity index (χ2n) is 6.07. The minimum atomic E-state index is -0.965. The lowest BCUT2D eigenvalue weighted by Crippen LogP contribution is -2.43. The van der Waals surface area contributed by atoms with Crippen LogP contribution in [-0.2, 0) is 9.63 Å². The van der Waals surface area contributed by atoms with Gasteiger partial charge < -0.3 is 5.21 Å². The van der Waals surface area contributed by atoms with E-state index in [1.165, 1.54) is 5.17 Å². The molecule has 0 aliphatic carbocycles. The molecule has 2 aromatic carbocycles. The van der Waals surface area contributed by atoms with Crippen LogP contribution in [0.25, 0.3) is 0 Å². The second kappa shape index (κ2) is 4.93.